The van der Waals surface area contributed by atoms with E-state index in [1.54, 1.807) is 12.1 Å². The van der Waals surface area contributed by atoms with Gasteiger partial charge in [0.2, 0.25) is 6.29 Å². The zero-order chi connectivity index (χ0) is 19.4. The summed E-state index contributed by atoms with van der Waals surface area (Å²) in [6.07, 6.45) is -6.05. The van der Waals surface area contributed by atoms with Crippen LogP contribution in [-0.2, 0) is 17.6 Å². The van der Waals surface area contributed by atoms with Crippen LogP contribution >= 0.6 is 0 Å². The SMILES string of the molecule is CCc1ccc(Cc2ccccc2OC2OC(CO)C(F)C(O)C2O)cc1. The van der Waals surface area contributed by atoms with Gasteiger partial charge in [0.05, 0.1) is 6.61 Å². The summed E-state index contributed by atoms with van der Waals surface area (Å²) in [5.41, 5.74) is 3.23. The summed E-state index contributed by atoms with van der Waals surface area (Å²) in [5.74, 6) is 0.474. The zero-order valence-corrected chi connectivity index (χ0v) is 15.2. The molecule has 3 rings (SSSR count). The first-order chi connectivity index (χ1) is 13.0. The Hall–Kier alpha value is -1.99. The molecule has 1 aliphatic heterocycles. The normalized spacial score (nSPS) is 28.1. The number of alkyl halides is 1. The van der Waals surface area contributed by atoms with E-state index in [-0.39, 0.29) is 0 Å². The zero-order valence-electron chi connectivity index (χ0n) is 15.2. The molecule has 1 heterocycles. The van der Waals surface area contributed by atoms with Crippen LogP contribution in [0.4, 0.5) is 4.39 Å². The minimum absolute atomic E-state index is 0.474. The maximum atomic E-state index is 13.9. The van der Waals surface area contributed by atoms with E-state index in [2.05, 4.69) is 31.2 Å². The summed E-state index contributed by atoms with van der Waals surface area (Å²) in [6.45, 7) is 1.49. The second kappa shape index (κ2) is 8.80. The highest BCUT2D eigenvalue weighted by Gasteiger charge is 2.46. The fourth-order valence-corrected chi connectivity index (χ4v) is 3.14. The predicted octanol–water partition coefficient (Wildman–Crippen LogP) is 2.00. The molecule has 2 aromatic carbocycles. The molecule has 3 N–H and O–H groups in total. The number of aliphatic hydroxyl groups excluding tert-OH is 3. The van der Waals surface area contributed by atoms with Crippen LogP contribution in [0.1, 0.15) is 23.6 Å². The molecule has 27 heavy (non-hydrogen) atoms. The average Bonchev–Trinajstić information content (AvgIpc) is 2.70. The van der Waals surface area contributed by atoms with Gasteiger partial charge in [0.25, 0.3) is 0 Å². The fraction of sp³-hybridized carbons (Fsp3) is 0.429. The Morgan fingerprint density at radius 3 is 2.33 bits per heavy atom. The van der Waals surface area contributed by atoms with Crippen LogP contribution in [0.15, 0.2) is 48.5 Å². The first-order valence-electron chi connectivity index (χ1n) is 9.12. The summed E-state index contributed by atoms with van der Waals surface area (Å²) in [4.78, 5) is 0. The van der Waals surface area contributed by atoms with Gasteiger partial charge in [-0.15, -0.1) is 0 Å². The molecule has 0 saturated carbocycles. The van der Waals surface area contributed by atoms with Crippen LogP contribution in [0.3, 0.4) is 0 Å². The maximum absolute atomic E-state index is 13.9. The lowest BCUT2D eigenvalue weighted by molar-refractivity contribution is -0.265. The van der Waals surface area contributed by atoms with Gasteiger partial charge >= 0.3 is 0 Å². The maximum Gasteiger partial charge on any atom is 0.229 e. The van der Waals surface area contributed by atoms with E-state index in [9.17, 15) is 19.7 Å². The van der Waals surface area contributed by atoms with Crippen molar-refractivity contribution in [3.05, 3.63) is 65.2 Å². The van der Waals surface area contributed by atoms with Crippen molar-refractivity contribution in [3.63, 3.8) is 0 Å². The Kier molecular flexibility index (Phi) is 6.44. The van der Waals surface area contributed by atoms with Gasteiger partial charge in [-0.3, -0.25) is 0 Å². The molecule has 0 spiro atoms. The van der Waals surface area contributed by atoms with Crippen molar-refractivity contribution in [3.8, 4) is 5.75 Å². The van der Waals surface area contributed by atoms with Crippen LogP contribution in [0.25, 0.3) is 0 Å². The third-order valence-electron chi connectivity index (χ3n) is 4.84. The van der Waals surface area contributed by atoms with Gasteiger partial charge in [0.15, 0.2) is 6.17 Å². The van der Waals surface area contributed by atoms with Crippen LogP contribution in [0.2, 0.25) is 0 Å². The van der Waals surface area contributed by atoms with Gasteiger partial charge in [-0.25, -0.2) is 4.39 Å². The lowest BCUT2D eigenvalue weighted by Crippen LogP contribution is -2.58. The molecule has 1 saturated heterocycles. The van der Waals surface area contributed by atoms with Gasteiger partial charge in [-0.05, 0) is 29.2 Å². The minimum Gasteiger partial charge on any atom is -0.462 e. The molecule has 0 amide bonds. The second-order valence-corrected chi connectivity index (χ2v) is 6.72. The molecule has 5 nitrogen and oxygen atoms in total. The third kappa shape index (κ3) is 4.47. The van der Waals surface area contributed by atoms with Crippen molar-refractivity contribution >= 4 is 0 Å². The van der Waals surface area contributed by atoms with Crippen molar-refractivity contribution in [2.45, 2.75) is 50.5 Å². The molecular formula is C21H25FO5. The number of benzene rings is 2. The monoisotopic (exact) mass is 376 g/mol. The molecule has 0 bridgehead atoms. The van der Waals surface area contributed by atoms with Crippen molar-refractivity contribution in [1.29, 1.82) is 0 Å². The average molecular weight is 376 g/mol. The summed E-state index contributed by atoms with van der Waals surface area (Å²) < 4.78 is 25.0. The Morgan fingerprint density at radius 1 is 1.00 bits per heavy atom. The number of hydrogen-bond donors (Lipinski definition) is 3. The van der Waals surface area contributed by atoms with Crippen molar-refractivity contribution in [2.75, 3.05) is 6.61 Å². The molecule has 1 fully saturated rings. The summed E-state index contributed by atoms with van der Waals surface area (Å²) in [7, 11) is 0. The van der Waals surface area contributed by atoms with Gasteiger partial charge in [-0.2, -0.15) is 0 Å². The van der Waals surface area contributed by atoms with Crippen molar-refractivity contribution in [2.24, 2.45) is 0 Å². The van der Waals surface area contributed by atoms with E-state index in [4.69, 9.17) is 9.47 Å². The number of halogens is 1. The van der Waals surface area contributed by atoms with Gasteiger partial charge in [0, 0.05) is 6.42 Å². The highest BCUT2D eigenvalue weighted by atomic mass is 19.1. The van der Waals surface area contributed by atoms with E-state index < -0.39 is 37.4 Å². The smallest absolute Gasteiger partial charge is 0.229 e. The Morgan fingerprint density at radius 2 is 1.67 bits per heavy atom. The number of rotatable bonds is 6. The Bertz CT molecular complexity index is 734. The second-order valence-electron chi connectivity index (χ2n) is 6.72. The molecule has 146 valence electrons. The number of para-hydroxylation sites is 1. The van der Waals surface area contributed by atoms with Crippen LogP contribution in [-0.4, -0.2) is 52.7 Å². The highest BCUT2D eigenvalue weighted by molar-refractivity contribution is 5.38. The van der Waals surface area contributed by atoms with Crippen molar-refractivity contribution in [1.82, 2.24) is 0 Å². The van der Waals surface area contributed by atoms with E-state index in [1.807, 2.05) is 12.1 Å². The molecule has 5 unspecified atom stereocenters. The van der Waals surface area contributed by atoms with Gasteiger partial charge < -0.3 is 24.8 Å². The lowest BCUT2D eigenvalue weighted by Gasteiger charge is -2.38. The first-order valence-corrected chi connectivity index (χ1v) is 9.12. The van der Waals surface area contributed by atoms with E-state index in [0.717, 1.165) is 17.5 Å². The third-order valence-corrected chi connectivity index (χ3v) is 4.84. The molecule has 6 heteroatoms. The molecule has 1 aliphatic rings. The van der Waals surface area contributed by atoms with Crippen LogP contribution < -0.4 is 4.74 Å². The largest absolute Gasteiger partial charge is 0.462 e. The topological polar surface area (TPSA) is 79.2 Å². The molecule has 0 aromatic heterocycles. The molecule has 5 atom stereocenters. The van der Waals surface area contributed by atoms with E-state index in [1.165, 1.54) is 5.56 Å². The fourth-order valence-electron chi connectivity index (χ4n) is 3.14. The predicted molar refractivity (Wildman–Crippen MR) is 98.4 cm³/mol. The molecule has 0 aliphatic carbocycles. The number of aryl methyl sites for hydroxylation is 1. The van der Waals surface area contributed by atoms with Crippen molar-refractivity contribution < 1.29 is 29.2 Å². The van der Waals surface area contributed by atoms with Gasteiger partial charge in [0.1, 0.15) is 24.1 Å². The first kappa shape index (κ1) is 19.8. The Balaban J connectivity index is 1.77. The van der Waals surface area contributed by atoms with Crippen LogP contribution in [0, 0.1) is 0 Å². The number of ether oxygens (including phenoxy) is 2. The molecule has 0 radical (unpaired) electrons. The quantitative estimate of drug-likeness (QED) is 0.719. The lowest BCUT2D eigenvalue weighted by atomic mass is 10.00. The summed E-state index contributed by atoms with van der Waals surface area (Å²) in [5, 5.41) is 29.2. The van der Waals surface area contributed by atoms with Gasteiger partial charge in [-0.1, -0.05) is 49.4 Å². The molecule has 2 aromatic rings. The standard InChI is InChI=1S/C21H25FO5/c1-2-13-7-9-14(10-8-13)11-15-5-3-4-6-16(15)26-21-20(25)19(24)18(22)17(12-23)27-21/h3-10,17-21,23-25H,2,11-12H2,1H3. The van der Waals surface area contributed by atoms with E-state index >= 15 is 0 Å². The number of aliphatic hydroxyl groups is 3. The van der Waals surface area contributed by atoms with Crippen LogP contribution in [0.5, 0.6) is 5.75 Å². The van der Waals surface area contributed by atoms with E-state index in [0.29, 0.717) is 12.2 Å². The summed E-state index contributed by atoms with van der Waals surface area (Å²) in [6, 6.07) is 15.6. The summed E-state index contributed by atoms with van der Waals surface area (Å²) >= 11 is 0. The minimum atomic E-state index is -1.88. The molecular weight excluding hydrogens is 351 g/mol. The highest BCUT2D eigenvalue weighted by Crippen LogP contribution is 2.28. The number of hydrogen-bond acceptors (Lipinski definition) is 5. The Labute approximate surface area is 158 Å².